The van der Waals surface area contributed by atoms with Crippen molar-refractivity contribution in [2.45, 2.75) is 38.4 Å². The quantitative estimate of drug-likeness (QED) is 0.363. The fourth-order valence-corrected chi connectivity index (χ4v) is 0.849. The first kappa shape index (κ1) is 18.9. The second-order valence-corrected chi connectivity index (χ2v) is 5.55. The van der Waals surface area contributed by atoms with Gasteiger partial charge >= 0.3 is 6.09 Å². The first-order chi connectivity index (χ1) is 7.93. The maximum absolute atomic E-state index is 10.5. The van der Waals surface area contributed by atoms with Crippen molar-refractivity contribution >= 4 is 35.7 Å². The van der Waals surface area contributed by atoms with E-state index < -0.39 is 6.09 Å². The van der Waals surface area contributed by atoms with E-state index in [-0.39, 0.29) is 4.75 Å². The summed E-state index contributed by atoms with van der Waals surface area (Å²) < 4.78 is -0.103. The van der Waals surface area contributed by atoms with E-state index in [9.17, 15) is 4.79 Å². The maximum atomic E-state index is 10.5. The average Bonchev–Trinajstić information content (AvgIpc) is 2.30. The van der Waals surface area contributed by atoms with Crippen molar-refractivity contribution < 1.29 is 9.63 Å². The molecule has 0 bridgehead atoms. The van der Waals surface area contributed by atoms with Gasteiger partial charge in [0.25, 0.3) is 0 Å². The molecule has 1 amide bonds. The lowest BCUT2D eigenvalue weighted by molar-refractivity contribution is 0.153. The Bertz CT molecular complexity index is 222. The van der Waals surface area contributed by atoms with Gasteiger partial charge in [-0.05, 0) is 26.5 Å². The van der Waals surface area contributed by atoms with Crippen LogP contribution in [0, 0.1) is 0 Å². The van der Waals surface area contributed by atoms with Crippen LogP contribution in [0.25, 0.3) is 0 Å². The Morgan fingerprint density at radius 1 is 1.59 bits per heavy atom. The Hall–Kier alpha value is -0.420. The van der Waals surface area contributed by atoms with E-state index in [0.717, 1.165) is 12.3 Å². The van der Waals surface area contributed by atoms with E-state index in [1.807, 2.05) is 20.1 Å². The number of nitrogens with one attached hydrogen (secondary N) is 1. The number of hydrogen-bond donors (Lipinski definition) is 1. The van der Waals surface area contributed by atoms with Gasteiger partial charge in [-0.1, -0.05) is 18.5 Å². The number of amides is 1. The van der Waals surface area contributed by atoms with Crippen molar-refractivity contribution in [3.05, 3.63) is 0 Å². The molecule has 0 aromatic heterocycles. The summed E-state index contributed by atoms with van der Waals surface area (Å²) in [4.78, 5) is 15.0. The van der Waals surface area contributed by atoms with Crippen molar-refractivity contribution in [2.24, 2.45) is 5.16 Å². The summed E-state index contributed by atoms with van der Waals surface area (Å²) in [5.74, 6) is 0.816. The van der Waals surface area contributed by atoms with E-state index in [4.69, 9.17) is 11.6 Å². The second-order valence-electron chi connectivity index (χ2n) is 3.71. The zero-order valence-electron chi connectivity index (χ0n) is 11.2. The second kappa shape index (κ2) is 12.0. The van der Waals surface area contributed by atoms with Crippen molar-refractivity contribution in [3.8, 4) is 0 Å². The lowest BCUT2D eigenvalue weighted by atomic mass is 10.2. The topological polar surface area (TPSA) is 50.7 Å². The summed E-state index contributed by atoms with van der Waals surface area (Å²) in [6.07, 6.45) is 5.37. The van der Waals surface area contributed by atoms with E-state index in [1.54, 1.807) is 18.0 Å². The average molecular weight is 283 g/mol. The third kappa shape index (κ3) is 15.6. The lowest BCUT2D eigenvalue weighted by Crippen LogP contribution is -2.19. The van der Waals surface area contributed by atoms with Crippen LogP contribution in [0.2, 0.25) is 0 Å². The van der Waals surface area contributed by atoms with Crippen molar-refractivity contribution in [1.29, 1.82) is 0 Å². The predicted octanol–water partition coefficient (Wildman–Crippen LogP) is 3.50. The number of nitrogens with zero attached hydrogens (tertiary/aromatic N) is 1. The van der Waals surface area contributed by atoms with Crippen LogP contribution in [-0.4, -0.2) is 36.2 Å². The summed E-state index contributed by atoms with van der Waals surface area (Å²) in [7, 11) is 1.48. The monoisotopic (exact) mass is 282 g/mol. The molecule has 0 aromatic rings. The predicted molar refractivity (Wildman–Crippen MR) is 77.3 cm³/mol. The molecule has 0 aliphatic carbocycles. The van der Waals surface area contributed by atoms with Crippen molar-refractivity contribution in [3.63, 3.8) is 0 Å². The molecule has 0 aromatic carbocycles. The van der Waals surface area contributed by atoms with Crippen molar-refractivity contribution in [1.82, 2.24) is 5.32 Å². The highest BCUT2D eigenvalue weighted by molar-refractivity contribution is 8.00. The Balaban J connectivity index is 0. The molecule has 0 radical (unpaired) electrons. The van der Waals surface area contributed by atoms with Gasteiger partial charge in [-0.25, -0.2) is 4.79 Å². The molecule has 0 heterocycles. The minimum absolute atomic E-state index is 0.103. The van der Waals surface area contributed by atoms with Gasteiger partial charge in [0.1, 0.15) is 0 Å². The Labute approximate surface area is 113 Å². The van der Waals surface area contributed by atoms with Crippen LogP contribution >= 0.6 is 23.4 Å². The molecule has 0 atom stereocenters. The van der Waals surface area contributed by atoms with Crippen LogP contribution in [0.4, 0.5) is 4.79 Å². The number of thioether (sulfide) groups is 1. The molecular weight excluding hydrogens is 260 g/mol. The number of carbonyl (C=O) groups excluding carboxylic acids is 1. The molecule has 0 fully saturated rings. The van der Waals surface area contributed by atoms with Gasteiger partial charge in [-0.15, -0.1) is 11.6 Å². The van der Waals surface area contributed by atoms with Gasteiger partial charge in [-0.2, -0.15) is 11.8 Å². The molecule has 0 saturated carbocycles. The Morgan fingerprint density at radius 2 is 2.18 bits per heavy atom. The van der Waals surface area contributed by atoms with E-state index in [2.05, 4.69) is 22.2 Å². The molecule has 6 heteroatoms. The van der Waals surface area contributed by atoms with Gasteiger partial charge in [-0.3, -0.25) is 4.84 Å². The molecule has 0 aliphatic heterocycles. The molecule has 4 nitrogen and oxygen atoms in total. The third-order valence-corrected chi connectivity index (χ3v) is 3.14. The molecule has 0 rings (SSSR count). The SMILES string of the molecule is CCCCCl.CNC(=O)O/N=C/C(C)(C)SC. The molecule has 17 heavy (non-hydrogen) atoms. The smallest absolute Gasteiger partial charge is 0.323 e. The van der Waals surface area contributed by atoms with Crippen LogP contribution in [0.15, 0.2) is 5.16 Å². The first-order valence-electron chi connectivity index (χ1n) is 5.47. The fourth-order valence-electron chi connectivity index (χ4n) is 0.433. The summed E-state index contributed by atoms with van der Waals surface area (Å²) in [5, 5.41) is 5.81. The number of hydrogen-bond acceptors (Lipinski definition) is 4. The number of alkyl halides is 1. The first-order valence-corrected chi connectivity index (χ1v) is 7.23. The number of unbranched alkanes of at least 4 members (excludes halogenated alkanes) is 1. The van der Waals surface area contributed by atoms with Gasteiger partial charge in [0, 0.05) is 17.7 Å². The summed E-state index contributed by atoms with van der Waals surface area (Å²) in [5.41, 5.74) is 0. The highest BCUT2D eigenvalue weighted by atomic mass is 35.5. The number of carbonyl (C=O) groups is 1. The maximum Gasteiger partial charge on any atom is 0.433 e. The zero-order valence-corrected chi connectivity index (χ0v) is 12.8. The molecule has 0 saturated heterocycles. The lowest BCUT2D eigenvalue weighted by Gasteiger charge is -2.13. The van der Waals surface area contributed by atoms with Crippen LogP contribution in [0.3, 0.4) is 0 Å². The standard InChI is InChI=1S/C7H14N2O2S.C4H9Cl/c1-7(2,12-4)5-9-11-6(10)8-3;1-2-3-4-5/h5H,1-4H3,(H,8,10);2-4H2,1H3/b9-5+;. The van der Waals surface area contributed by atoms with Crippen LogP contribution in [0.1, 0.15) is 33.6 Å². The van der Waals surface area contributed by atoms with Gasteiger partial charge in [0.2, 0.25) is 0 Å². The number of oxime groups is 1. The molecule has 1 N–H and O–H groups in total. The molecule has 102 valence electrons. The Morgan fingerprint density at radius 3 is 2.47 bits per heavy atom. The van der Waals surface area contributed by atoms with Crippen molar-refractivity contribution in [2.75, 3.05) is 19.2 Å². The van der Waals surface area contributed by atoms with E-state index in [0.29, 0.717) is 0 Å². The van der Waals surface area contributed by atoms with Gasteiger partial charge < -0.3 is 5.32 Å². The molecule has 0 unspecified atom stereocenters. The normalized spacial score (nSPS) is 10.7. The molecule has 0 spiro atoms. The van der Waals surface area contributed by atoms with Crippen LogP contribution in [0.5, 0.6) is 0 Å². The van der Waals surface area contributed by atoms with Crippen LogP contribution < -0.4 is 5.32 Å². The minimum atomic E-state index is -0.553. The summed E-state index contributed by atoms with van der Waals surface area (Å²) in [6, 6.07) is 0. The fraction of sp³-hybridized carbons (Fsp3) is 0.818. The zero-order chi connectivity index (χ0) is 13.7. The molecular formula is C11H23ClN2O2S. The van der Waals surface area contributed by atoms with E-state index in [1.165, 1.54) is 13.5 Å². The highest BCUT2D eigenvalue weighted by Gasteiger charge is 2.12. The van der Waals surface area contributed by atoms with E-state index >= 15 is 0 Å². The number of rotatable bonds is 5. The largest absolute Gasteiger partial charge is 0.433 e. The summed E-state index contributed by atoms with van der Waals surface area (Å²) in [6.45, 7) is 6.09. The number of halogens is 1. The minimum Gasteiger partial charge on any atom is -0.323 e. The molecule has 0 aliphatic rings. The Kier molecular flexibility index (Phi) is 13.4. The van der Waals surface area contributed by atoms with Gasteiger partial charge in [0.05, 0.1) is 6.21 Å². The van der Waals surface area contributed by atoms with Crippen LogP contribution in [-0.2, 0) is 4.84 Å². The summed E-state index contributed by atoms with van der Waals surface area (Å²) >= 11 is 6.93. The highest BCUT2D eigenvalue weighted by Crippen LogP contribution is 2.17. The third-order valence-electron chi connectivity index (χ3n) is 1.72. The van der Waals surface area contributed by atoms with Gasteiger partial charge in [0.15, 0.2) is 0 Å².